The molecule has 14 atom stereocenters. The van der Waals surface area contributed by atoms with E-state index in [4.69, 9.17) is 38.0 Å². The lowest BCUT2D eigenvalue weighted by Crippen LogP contribution is -2.60. The van der Waals surface area contributed by atoms with Gasteiger partial charge in [-0.25, -0.2) is 4.79 Å². The number of ether oxygens (including phenoxy) is 7. The van der Waals surface area contributed by atoms with Crippen molar-refractivity contribution in [3.63, 3.8) is 0 Å². The molecule has 346 valence electrons. The second kappa shape index (κ2) is 21.3. The molecule has 0 spiro atoms. The molecule has 0 bridgehead atoms. The molecule has 3 aliphatic heterocycles. The molecule has 63 heavy (non-hydrogen) atoms. The van der Waals surface area contributed by atoms with Gasteiger partial charge in [-0.15, -0.1) is 0 Å². The number of rotatable bonds is 10. The maximum Gasteiger partial charge on any atom is 0.509 e. The van der Waals surface area contributed by atoms with Crippen molar-refractivity contribution in [3.8, 4) is 11.8 Å². The number of hydrogen-bond acceptors (Lipinski definition) is 16. The first-order valence-corrected chi connectivity index (χ1v) is 21.6. The van der Waals surface area contributed by atoms with Crippen LogP contribution in [0.2, 0.25) is 0 Å². The Morgan fingerprint density at radius 3 is 2.48 bits per heavy atom. The molecule has 0 unspecified atom stereocenters. The summed E-state index contributed by atoms with van der Waals surface area (Å²) in [6, 6.07) is 6.46. The third kappa shape index (κ3) is 11.3. The molecule has 0 saturated carbocycles. The van der Waals surface area contributed by atoms with Crippen LogP contribution >= 0.6 is 0 Å². The van der Waals surface area contributed by atoms with Crippen molar-refractivity contribution >= 4 is 29.4 Å². The van der Waals surface area contributed by atoms with Gasteiger partial charge in [0.2, 0.25) is 0 Å². The minimum absolute atomic E-state index is 0.142. The maximum absolute atomic E-state index is 14.5. The Bertz CT molecular complexity index is 1980. The molecular weight excluding hydrogens is 815 g/mol. The second-order valence-electron chi connectivity index (χ2n) is 17.5. The number of fused-ring (bicyclic) bond motifs is 1. The highest BCUT2D eigenvalue weighted by Crippen LogP contribution is 2.43. The van der Waals surface area contributed by atoms with Gasteiger partial charge < -0.3 is 53.3 Å². The first kappa shape index (κ1) is 49.3. The first-order chi connectivity index (χ1) is 29.9. The van der Waals surface area contributed by atoms with Gasteiger partial charge in [0, 0.05) is 48.9 Å². The fourth-order valence-electron chi connectivity index (χ4n) is 9.32. The molecule has 3 aliphatic rings. The van der Waals surface area contributed by atoms with Gasteiger partial charge >= 0.3 is 12.1 Å². The van der Waals surface area contributed by atoms with Crippen LogP contribution < -0.4 is 5.32 Å². The molecule has 17 heteroatoms. The van der Waals surface area contributed by atoms with Crippen LogP contribution in [0.3, 0.4) is 0 Å². The molecule has 5 heterocycles. The standard InChI is InChI=1S/C46H65N5O12/c1-13-35-46(8)40(62-44(55)63-46)28(4)36(50-57-12)26(2)23-45(7,56-11)39(61-43-37(52)34(51(9)10)21-27(3)59-43)29(5)38(30(6)42(54)60-35)58-20-16-17-31-22-32(25-47-24-31)49-41(53)33-18-14-15-19-48-33/h14-15,18-19,22,24-30,34-35,37-40,43,52H,13,20-21,23H2,1-12H3,(H,49,53)/b50-36+/t26-,27-,28+,29+,30-,34+,35-,37-,38+,39-,40-,43+,45-,46-/m1/s1. The Morgan fingerprint density at radius 1 is 1.08 bits per heavy atom. The lowest BCUT2D eigenvalue weighted by molar-refractivity contribution is -0.302. The van der Waals surface area contributed by atoms with Crippen LogP contribution in [0.4, 0.5) is 10.5 Å². The zero-order valence-corrected chi connectivity index (χ0v) is 38.5. The number of hydrogen-bond donors (Lipinski definition) is 2. The van der Waals surface area contributed by atoms with E-state index in [2.05, 4.69) is 32.3 Å². The van der Waals surface area contributed by atoms with Crippen molar-refractivity contribution in [2.75, 3.05) is 40.2 Å². The Kier molecular flexibility index (Phi) is 16.7. The number of nitrogens with zero attached hydrogens (tertiary/aromatic N) is 4. The molecule has 0 radical (unpaired) electrons. The molecule has 17 nitrogen and oxygen atoms in total. The van der Waals surface area contributed by atoms with Crippen molar-refractivity contribution in [1.29, 1.82) is 0 Å². The Hall–Kier alpha value is -4.70. The number of nitrogens with one attached hydrogen (secondary N) is 1. The third-order valence-corrected chi connectivity index (χ3v) is 12.7. The minimum Gasteiger partial charge on any atom is -0.458 e. The average molecular weight is 880 g/mol. The summed E-state index contributed by atoms with van der Waals surface area (Å²) in [5.74, 6) is 2.55. The molecule has 0 aliphatic carbocycles. The molecule has 2 aromatic heterocycles. The minimum atomic E-state index is -1.39. The van der Waals surface area contributed by atoms with Crippen LogP contribution in [0.25, 0.3) is 0 Å². The van der Waals surface area contributed by atoms with Gasteiger partial charge in [-0.2, -0.15) is 0 Å². The normalized spacial score (nSPS) is 35.9. The topological polar surface area (TPSA) is 199 Å². The fraction of sp³-hybridized carbons (Fsp3) is 0.652. The number of methoxy groups -OCH3 is 1. The number of cyclic esters (lactones) is 1. The number of aliphatic hydroxyl groups excluding tert-OH is 1. The predicted octanol–water partition coefficient (Wildman–Crippen LogP) is 5.25. The van der Waals surface area contributed by atoms with Crippen molar-refractivity contribution in [1.82, 2.24) is 14.9 Å². The van der Waals surface area contributed by atoms with E-state index in [0.29, 0.717) is 36.2 Å². The smallest absolute Gasteiger partial charge is 0.458 e. The molecule has 1 amide bonds. The Balaban J connectivity index is 1.55. The van der Waals surface area contributed by atoms with Gasteiger partial charge in [-0.3, -0.25) is 19.6 Å². The highest BCUT2D eigenvalue weighted by Gasteiger charge is 2.59. The highest BCUT2D eigenvalue weighted by molar-refractivity contribution is 6.02. The molecule has 3 fully saturated rings. The van der Waals surface area contributed by atoms with Gasteiger partial charge in [0.25, 0.3) is 5.91 Å². The maximum atomic E-state index is 14.5. The summed E-state index contributed by atoms with van der Waals surface area (Å²) >= 11 is 0. The number of pyridine rings is 2. The molecule has 2 N–H and O–H groups in total. The van der Waals surface area contributed by atoms with E-state index in [0.717, 1.165) is 0 Å². The van der Waals surface area contributed by atoms with E-state index >= 15 is 0 Å². The molecule has 5 rings (SSSR count). The van der Waals surface area contributed by atoms with Crippen LogP contribution in [0.1, 0.15) is 90.7 Å². The first-order valence-electron chi connectivity index (χ1n) is 21.6. The zero-order valence-electron chi connectivity index (χ0n) is 38.5. The largest absolute Gasteiger partial charge is 0.509 e. The van der Waals surface area contributed by atoms with Crippen LogP contribution in [-0.4, -0.2) is 139 Å². The van der Waals surface area contributed by atoms with E-state index in [-0.39, 0.29) is 30.4 Å². The molecular formula is C46H65N5O12. The Labute approximate surface area is 370 Å². The van der Waals surface area contributed by atoms with Crippen LogP contribution in [0.5, 0.6) is 0 Å². The fourth-order valence-corrected chi connectivity index (χ4v) is 9.32. The number of esters is 1. The second-order valence-corrected chi connectivity index (χ2v) is 17.5. The number of aliphatic hydroxyl groups is 1. The number of oxime groups is 1. The van der Waals surface area contributed by atoms with Crippen LogP contribution in [-0.2, 0) is 42.8 Å². The van der Waals surface area contributed by atoms with E-state index in [1.165, 1.54) is 19.5 Å². The monoisotopic (exact) mass is 879 g/mol. The van der Waals surface area contributed by atoms with E-state index < -0.39 is 83.8 Å². The number of carbonyl (C=O) groups excluding carboxylic acids is 3. The summed E-state index contributed by atoms with van der Waals surface area (Å²) in [5.41, 5.74) is -0.815. The summed E-state index contributed by atoms with van der Waals surface area (Å²) in [5, 5.41) is 19.0. The SMILES string of the molecule is CC[C@H]1OC(=O)[C@H](C)[C@@H](OCC#Cc2cncc(NC(=O)c3ccccn3)c2)[C@H](C)[C@@H](O[C@@H]2O[C@H](C)C[C@H](N(C)C)[C@H]2O)[C@](C)(OC)C[C@@H](C)/C(=N\OC)[C@H](C)[C@H]2OC(=O)O[C@@]21C. The summed E-state index contributed by atoms with van der Waals surface area (Å²) in [7, 11) is 6.82. The van der Waals surface area contributed by atoms with Gasteiger partial charge in [0.15, 0.2) is 18.0 Å². The number of likely N-dealkylation sites (N-methyl/N-ethyl adjacent to an activating group) is 1. The third-order valence-electron chi connectivity index (χ3n) is 12.7. The molecule has 0 aromatic carbocycles. The lowest BCUT2D eigenvalue weighted by atomic mass is 9.73. The lowest BCUT2D eigenvalue weighted by Gasteiger charge is -2.48. The summed E-state index contributed by atoms with van der Waals surface area (Å²) in [6.45, 7) is 14.7. The number of anilines is 1. The zero-order chi connectivity index (χ0) is 46.2. The van der Waals surface area contributed by atoms with Crippen molar-refractivity contribution < 1.29 is 57.5 Å². The number of amides is 1. The molecule has 2 aromatic rings. The summed E-state index contributed by atoms with van der Waals surface area (Å²) < 4.78 is 44.3. The van der Waals surface area contributed by atoms with Crippen LogP contribution in [0, 0.1) is 35.5 Å². The number of carbonyl (C=O) groups is 3. The van der Waals surface area contributed by atoms with Crippen molar-refractivity contribution in [2.45, 2.75) is 135 Å². The van der Waals surface area contributed by atoms with Crippen molar-refractivity contribution in [2.24, 2.45) is 28.8 Å². The van der Waals surface area contributed by atoms with Crippen molar-refractivity contribution in [3.05, 3.63) is 54.1 Å². The van der Waals surface area contributed by atoms with E-state index in [9.17, 15) is 19.5 Å². The predicted molar refractivity (Wildman–Crippen MR) is 231 cm³/mol. The average Bonchev–Trinajstić information content (AvgIpc) is 3.57. The number of aromatic nitrogens is 2. The van der Waals surface area contributed by atoms with Gasteiger partial charge in [0.05, 0.1) is 47.4 Å². The van der Waals surface area contributed by atoms with E-state index in [1.807, 2.05) is 60.5 Å². The van der Waals surface area contributed by atoms with Gasteiger partial charge in [0.1, 0.15) is 31.6 Å². The van der Waals surface area contributed by atoms with Gasteiger partial charge in [-0.05, 0) is 79.3 Å². The Morgan fingerprint density at radius 2 is 1.83 bits per heavy atom. The van der Waals surface area contributed by atoms with E-state index in [1.54, 1.807) is 51.4 Å². The summed E-state index contributed by atoms with van der Waals surface area (Å²) in [6.07, 6.45) is -1.15. The molecule has 3 saturated heterocycles. The van der Waals surface area contributed by atoms with Crippen LogP contribution in [0.15, 0.2) is 48.0 Å². The quantitative estimate of drug-likeness (QED) is 0.178. The summed E-state index contributed by atoms with van der Waals surface area (Å²) in [4.78, 5) is 55.9. The highest BCUT2D eigenvalue weighted by atomic mass is 16.8. The van der Waals surface area contributed by atoms with Gasteiger partial charge in [-0.1, -0.05) is 50.8 Å².